The molecule has 0 bridgehead atoms. The zero-order chi connectivity index (χ0) is 20.3. The molecule has 3 rings (SSSR count). The first-order valence-electron chi connectivity index (χ1n) is 9.07. The Morgan fingerprint density at radius 1 is 0.857 bits per heavy atom. The lowest BCUT2D eigenvalue weighted by Gasteiger charge is -2.26. The standard InChI is InChI=1S/C22H19Cl4NO/c1-2-7-27-12-16(8-14-3-5-18(23)10-20(14)25)22(28)17(13-27)9-15-4-6-19(24)11-21(15)26/h3-6,8-11H,2,7,12-13H2,1H3/p+1/b16-8-,17-9+. The number of likely N-dealkylation sites (tertiary alicyclic amines) is 1. The van der Waals surface area contributed by atoms with Crippen LogP contribution in [0.15, 0.2) is 47.5 Å². The van der Waals surface area contributed by atoms with Gasteiger partial charge in [0.05, 0.1) is 17.7 Å². The lowest BCUT2D eigenvalue weighted by atomic mass is 9.94. The van der Waals surface area contributed by atoms with Crippen molar-refractivity contribution in [3.63, 3.8) is 0 Å². The van der Waals surface area contributed by atoms with E-state index in [0.717, 1.165) is 35.2 Å². The molecule has 2 aromatic carbocycles. The molecular weight excluding hydrogens is 436 g/mol. The Balaban J connectivity index is 2.00. The van der Waals surface area contributed by atoms with Crippen LogP contribution in [0, 0.1) is 0 Å². The number of halogens is 4. The van der Waals surface area contributed by atoms with Gasteiger partial charge >= 0.3 is 0 Å². The SMILES string of the molecule is CCC[NH+]1C/C(=C/c2ccc(Cl)cc2Cl)C(=O)/C(=C/c2ccc(Cl)cc2Cl)C1. The number of rotatable bonds is 4. The van der Waals surface area contributed by atoms with E-state index in [-0.39, 0.29) is 5.78 Å². The highest BCUT2D eigenvalue weighted by Crippen LogP contribution is 2.26. The van der Waals surface area contributed by atoms with E-state index in [1.54, 1.807) is 24.3 Å². The second-order valence-corrected chi connectivity index (χ2v) is 8.54. The Kier molecular flexibility index (Phi) is 7.25. The summed E-state index contributed by atoms with van der Waals surface area (Å²) >= 11 is 24.6. The molecule has 28 heavy (non-hydrogen) atoms. The summed E-state index contributed by atoms with van der Waals surface area (Å²) in [5, 5.41) is 2.19. The van der Waals surface area contributed by atoms with Crippen molar-refractivity contribution in [2.24, 2.45) is 0 Å². The quantitative estimate of drug-likeness (QED) is 0.591. The van der Waals surface area contributed by atoms with Crippen LogP contribution in [0.1, 0.15) is 24.5 Å². The molecule has 2 aromatic rings. The molecule has 0 saturated carbocycles. The van der Waals surface area contributed by atoms with E-state index in [0.29, 0.717) is 33.2 Å². The third-order valence-electron chi connectivity index (χ3n) is 4.65. The number of piperidine rings is 1. The molecule has 0 spiro atoms. The molecule has 1 aliphatic heterocycles. The van der Waals surface area contributed by atoms with Crippen molar-refractivity contribution >= 4 is 64.3 Å². The number of ketones is 1. The number of hydrogen-bond donors (Lipinski definition) is 1. The summed E-state index contributed by atoms with van der Waals surface area (Å²) in [4.78, 5) is 14.5. The molecule has 1 aliphatic rings. The topological polar surface area (TPSA) is 21.5 Å². The predicted octanol–water partition coefficient (Wildman–Crippen LogP) is 5.64. The van der Waals surface area contributed by atoms with E-state index in [9.17, 15) is 4.79 Å². The summed E-state index contributed by atoms with van der Waals surface area (Å²) < 4.78 is 0. The maximum atomic E-state index is 13.2. The van der Waals surface area contributed by atoms with Gasteiger partial charge in [-0.3, -0.25) is 4.79 Å². The molecular formula is C22H20Cl4NO+. The largest absolute Gasteiger partial charge is 0.327 e. The Labute approximate surface area is 185 Å². The number of quaternary nitrogens is 1. The van der Waals surface area contributed by atoms with Crippen LogP contribution < -0.4 is 4.90 Å². The van der Waals surface area contributed by atoms with Crippen LogP contribution in [0.4, 0.5) is 0 Å². The number of carbonyl (C=O) groups is 1. The van der Waals surface area contributed by atoms with E-state index < -0.39 is 0 Å². The van der Waals surface area contributed by atoms with Gasteiger partial charge in [0.1, 0.15) is 13.1 Å². The molecule has 1 N–H and O–H groups in total. The molecule has 1 unspecified atom stereocenters. The second-order valence-electron chi connectivity index (χ2n) is 6.85. The van der Waals surface area contributed by atoms with Crippen LogP contribution >= 0.6 is 46.4 Å². The van der Waals surface area contributed by atoms with Gasteiger partial charge in [-0.15, -0.1) is 0 Å². The molecule has 0 aliphatic carbocycles. The van der Waals surface area contributed by atoms with Crippen molar-refractivity contribution in [3.05, 3.63) is 78.8 Å². The van der Waals surface area contributed by atoms with E-state index >= 15 is 0 Å². The number of nitrogens with one attached hydrogen (secondary N) is 1. The van der Waals surface area contributed by atoms with Crippen LogP contribution in [0.5, 0.6) is 0 Å². The molecule has 2 nitrogen and oxygen atoms in total. The van der Waals surface area contributed by atoms with Gasteiger partial charge in [-0.05, 0) is 54.0 Å². The Hall–Kier alpha value is -1.29. The Morgan fingerprint density at radius 2 is 1.32 bits per heavy atom. The molecule has 6 heteroatoms. The van der Waals surface area contributed by atoms with Crippen molar-refractivity contribution in [2.75, 3.05) is 19.6 Å². The van der Waals surface area contributed by atoms with E-state index in [2.05, 4.69) is 6.92 Å². The summed E-state index contributed by atoms with van der Waals surface area (Å²) in [5.74, 6) is 0.0249. The van der Waals surface area contributed by atoms with Crippen LogP contribution in [-0.2, 0) is 4.79 Å². The second kappa shape index (κ2) is 9.47. The van der Waals surface area contributed by atoms with Gasteiger partial charge in [-0.2, -0.15) is 0 Å². The highest BCUT2D eigenvalue weighted by atomic mass is 35.5. The monoisotopic (exact) mass is 454 g/mol. The molecule has 0 amide bonds. The average Bonchev–Trinajstić information content (AvgIpc) is 2.63. The van der Waals surface area contributed by atoms with Crippen molar-refractivity contribution in [1.82, 2.24) is 0 Å². The minimum absolute atomic E-state index is 0.0249. The van der Waals surface area contributed by atoms with Crippen molar-refractivity contribution in [2.45, 2.75) is 13.3 Å². The fourth-order valence-corrected chi connectivity index (χ4v) is 4.27. The highest BCUT2D eigenvalue weighted by molar-refractivity contribution is 6.36. The molecule has 1 fully saturated rings. The van der Waals surface area contributed by atoms with E-state index in [1.807, 2.05) is 24.3 Å². The summed E-state index contributed by atoms with van der Waals surface area (Å²) in [6.07, 6.45) is 4.77. The summed E-state index contributed by atoms with van der Waals surface area (Å²) in [6.45, 7) is 4.45. The molecule has 1 atom stereocenters. The summed E-state index contributed by atoms with van der Waals surface area (Å²) in [6, 6.07) is 10.6. The lowest BCUT2D eigenvalue weighted by molar-refractivity contribution is -0.891. The normalized spacial score (nSPS) is 20.2. The first kappa shape index (κ1) is 21.4. The van der Waals surface area contributed by atoms with Gasteiger partial charge in [0.15, 0.2) is 5.78 Å². The number of carbonyl (C=O) groups excluding carboxylic acids is 1. The fourth-order valence-electron chi connectivity index (χ4n) is 3.34. The maximum Gasteiger partial charge on any atom is 0.196 e. The Morgan fingerprint density at radius 3 is 1.71 bits per heavy atom. The van der Waals surface area contributed by atoms with Gasteiger partial charge in [0.25, 0.3) is 0 Å². The summed E-state index contributed by atoms with van der Waals surface area (Å²) in [5.41, 5.74) is 3.04. The summed E-state index contributed by atoms with van der Waals surface area (Å²) in [7, 11) is 0. The zero-order valence-electron chi connectivity index (χ0n) is 15.4. The number of hydrogen-bond acceptors (Lipinski definition) is 1. The molecule has 0 aromatic heterocycles. The van der Waals surface area contributed by atoms with Crippen molar-refractivity contribution in [1.29, 1.82) is 0 Å². The minimum atomic E-state index is 0.0249. The molecule has 1 saturated heterocycles. The average molecular weight is 456 g/mol. The lowest BCUT2D eigenvalue weighted by Crippen LogP contribution is -3.13. The molecule has 146 valence electrons. The van der Waals surface area contributed by atoms with Gasteiger partial charge in [-0.25, -0.2) is 0 Å². The third-order valence-corrected chi connectivity index (χ3v) is 5.78. The van der Waals surface area contributed by atoms with Crippen molar-refractivity contribution < 1.29 is 9.69 Å². The van der Waals surface area contributed by atoms with Gasteiger partial charge in [0, 0.05) is 20.1 Å². The van der Waals surface area contributed by atoms with Crippen LogP contribution in [-0.4, -0.2) is 25.4 Å². The first-order valence-corrected chi connectivity index (χ1v) is 10.6. The van der Waals surface area contributed by atoms with E-state index in [1.165, 1.54) is 4.90 Å². The van der Waals surface area contributed by atoms with Gasteiger partial charge in [0.2, 0.25) is 0 Å². The fraction of sp³-hybridized carbons (Fsp3) is 0.227. The number of benzene rings is 2. The van der Waals surface area contributed by atoms with Crippen LogP contribution in [0.3, 0.4) is 0 Å². The van der Waals surface area contributed by atoms with Gasteiger partial charge in [-0.1, -0.05) is 65.5 Å². The van der Waals surface area contributed by atoms with E-state index in [4.69, 9.17) is 46.4 Å². The van der Waals surface area contributed by atoms with Crippen LogP contribution in [0.25, 0.3) is 12.2 Å². The zero-order valence-corrected chi connectivity index (χ0v) is 18.4. The third kappa shape index (κ3) is 5.20. The molecule has 1 heterocycles. The highest BCUT2D eigenvalue weighted by Gasteiger charge is 2.29. The van der Waals surface area contributed by atoms with Gasteiger partial charge < -0.3 is 4.90 Å². The molecule has 0 radical (unpaired) electrons. The van der Waals surface area contributed by atoms with Crippen molar-refractivity contribution in [3.8, 4) is 0 Å². The van der Waals surface area contributed by atoms with Crippen LogP contribution in [0.2, 0.25) is 20.1 Å². The Bertz CT molecular complexity index is 892. The first-order chi connectivity index (χ1) is 13.4. The number of Topliss-reactive ketones (excluding diaryl/α,β-unsaturated/α-hetero) is 1. The predicted molar refractivity (Wildman–Crippen MR) is 120 cm³/mol. The maximum absolute atomic E-state index is 13.2. The minimum Gasteiger partial charge on any atom is -0.327 e. The smallest absolute Gasteiger partial charge is 0.196 e.